The summed E-state index contributed by atoms with van der Waals surface area (Å²) in [4.78, 5) is 12.1. The molecule has 1 atom stereocenters. The van der Waals surface area contributed by atoms with Gasteiger partial charge in [0, 0.05) is 11.6 Å². The van der Waals surface area contributed by atoms with Gasteiger partial charge in [-0.1, -0.05) is 0 Å². The Balaban J connectivity index is 2.73. The van der Waals surface area contributed by atoms with Crippen LogP contribution in [0.15, 0.2) is 18.2 Å². The molecule has 106 valence electrons. The van der Waals surface area contributed by atoms with E-state index in [9.17, 15) is 9.90 Å². The van der Waals surface area contributed by atoms with Crippen LogP contribution in [-0.2, 0) is 0 Å². The largest absolute Gasteiger partial charge is 0.497 e. The molecular formula is C15H23NO3. The number of hydrogen-bond acceptors (Lipinski definition) is 3. The van der Waals surface area contributed by atoms with E-state index in [-0.39, 0.29) is 11.9 Å². The van der Waals surface area contributed by atoms with Crippen LogP contribution in [0.1, 0.15) is 43.1 Å². The Bertz CT molecular complexity index is 449. The van der Waals surface area contributed by atoms with Gasteiger partial charge in [0.2, 0.25) is 0 Å². The van der Waals surface area contributed by atoms with Crippen molar-refractivity contribution in [3.05, 3.63) is 29.3 Å². The van der Waals surface area contributed by atoms with Crippen molar-refractivity contribution >= 4 is 5.91 Å². The van der Waals surface area contributed by atoms with Crippen molar-refractivity contribution in [1.29, 1.82) is 0 Å². The quantitative estimate of drug-likeness (QED) is 0.858. The van der Waals surface area contributed by atoms with Crippen molar-refractivity contribution in [2.45, 2.75) is 45.8 Å². The number of hydrogen-bond donors (Lipinski definition) is 2. The van der Waals surface area contributed by atoms with Crippen LogP contribution in [0.25, 0.3) is 0 Å². The second kappa shape index (κ2) is 6.06. The molecule has 0 saturated heterocycles. The minimum atomic E-state index is -0.790. The van der Waals surface area contributed by atoms with Crippen LogP contribution in [0.3, 0.4) is 0 Å². The lowest BCUT2D eigenvalue weighted by Crippen LogP contribution is -2.38. The van der Waals surface area contributed by atoms with Crippen molar-refractivity contribution in [2.24, 2.45) is 0 Å². The topological polar surface area (TPSA) is 58.6 Å². The van der Waals surface area contributed by atoms with Crippen LogP contribution in [0.2, 0.25) is 0 Å². The lowest BCUT2D eigenvalue weighted by Gasteiger charge is -2.23. The van der Waals surface area contributed by atoms with Gasteiger partial charge in [0.05, 0.1) is 12.7 Å². The Labute approximate surface area is 114 Å². The highest BCUT2D eigenvalue weighted by Gasteiger charge is 2.19. The predicted molar refractivity (Wildman–Crippen MR) is 75.6 cm³/mol. The summed E-state index contributed by atoms with van der Waals surface area (Å²) >= 11 is 0. The minimum Gasteiger partial charge on any atom is -0.497 e. The molecule has 0 radical (unpaired) electrons. The number of benzene rings is 1. The number of aryl methyl sites for hydroxylation is 1. The average molecular weight is 265 g/mol. The van der Waals surface area contributed by atoms with E-state index in [1.807, 2.05) is 19.9 Å². The van der Waals surface area contributed by atoms with E-state index in [0.29, 0.717) is 12.0 Å². The molecule has 0 heterocycles. The molecule has 1 aromatic rings. The second-order valence-electron chi connectivity index (χ2n) is 5.57. The number of methoxy groups -OCH3 is 1. The molecule has 0 bridgehead atoms. The summed E-state index contributed by atoms with van der Waals surface area (Å²) in [5, 5.41) is 12.6. The molecule has 0 unspecified atom stereocenters. The molecule has 0 aliphatic carbocycles. The summed E-state index contributed by atoms with van der Waals surface area (Å²) in [6.07, 6.45) is 0.508. The number of carbonyl (C=O) groups is 1. The van der Waals surface area contributed by atoms with Gasteiger partial charge < -0.3 is 15.2 Å². The van der Waals surface area contributed by atoms with E-state index >= 15 is 0 Å². The van der Waals surface area contributed by atoms with Gasteiger partial charge in [-0.15, -0.1) is 0 Å². The smallest absolute Gasteiger partial charge is 0.251 e. The van der Waals surface area contributed by atoms with Crippen LogP contribution in [-0.4, -0.2) is 29.8 Å². The minimum absolute atomic E-state index is 0.0889. The van der Waals surface area contributed by atoms with Crippen molar-refractivity contribution in [3.8, 4) is 5.75 Å². The van der Waals surface area contributed by atoms with Crippen LogP contribution >= 0.6 is 0 Å². The molecule has 2 N–H and O–H groups in total. The summed E-state index contributed by atoms with van der Waals surface area (Å²) < 4.78 is 5.11. The highest BCUT2D eigenvalue weighted by Crippen LogP contribution is 2.17. The van der Waals surface area contributed by atoms with Gasteiger partial charge in [-0.2, -0.15) is 0 Å². The van der Waals surface area contributed by atoms with Gasteiger partial charge in [-0.3, -0.25) is 4.79 Å². The highest BCUT2D eigenvalue weighted by molar-refractivity contribution is 5.95. The van der Waals surface area contributed by atoms with Crippen LogP contribution in [0.5, 0.6) is 5.75 Å². The molecule has 0 aliphatic heterocycles. The number of aliphatic hydroxyl groups is 1. The van der Waals surface area contributed by atoms with E-state index in [0.717, 1.165) is 11.3 Å². The number of nitrogens with one attached hydrogen (secondary N) is 1. The van der Waals surface area contributed by atoms with Gasteiger partial charge in [-0.05, 0) is 57.9 Å². The fraction of sp³-hybridized carbons (Fsp3) is 0.533. The Morgan fingerprint density at radius 1 is 1.47 bits per heavy atom. The van der Waals surface area contributed by atoms with Gasteiger partial charge in [0.1, 0.15) is 5.75 Å². The number of carbonyl (C=O) groups excluding carboxylic acids is 1. The van der Waals surface area contributed by atoms with Crippen molar-refractivity contribution in [2.75, 3.05) is 7.11 Å². The normalized spacial score (nSPS) is 12.9. The summed E-state index contributed by atoms with van der Waals surface area (Å²) in [5.41, 5.74) is 0.706. The Morgan fingerprint density at radius 3 is 2.58 bits per heavy atom. The third kappa shape index (κ3) is 4.91. The summed E-state index contributed by atoms with van der Waals surface area (Å²) in [7, 11) is 1.60. The molecule has 1 aromatic carbocycles. The lowest BCUT2D eigenvalue weighted by molar-refractivity contribution is 0.0593. The first-order valence-corrected chi connectivity index (χ1v) is 6.41. The molecule has 4 heteroatoms. The molecule has 0 aliphatic rings. The summed E-state index contributed by atoms with van der Waals surface area (Å²) in [6, 6.07) is 5.26. The Hall–Kier alpha value is -1.55. The van der Waals surface area contributed by atoms with Crippen LogP contribution in [0.4, 0.5) is 0 Å². The molecule has 0 aromatic heterocycles. The summed E-state index contributed by atoms with van der Waals surface area (Å²) in [6.45, 7) is 7.22. The van der Waals surface area contributed by atoms with Crippen molar-refractivity contribution in [1.82, 2.24) is 5.32 Å². The van der Waals surface area contributed by atoms with Gasteiger partial charge >= 0.3 is 0 Å². The monoisotopic (exact) mass is 265 g/mol. The fourth-order valence-corrected chi connectivity index (χ4v) is 2.12. The molecule has 0 saturated carbocycles. The van der Waals surface area contributed by atoms with E-state index in [2.05, 4.69) is 5.32 Å². The Morgan fingerprint density at radius 2 is 2.11 bits per heavy atom. The van der Waals surface area contributed by atoms with Gasteiger partial charge in [-0.25, -0.2) is 0 Å². The first-order chi connectivity index (χ1) is 8.73. The van der Waals surface area contributed by atoms with E-state index in [4.69, 9.17) is 4.74 Å². The molecule has 4 nitrogen and oxygen atoms in total. The molecule has 0 fully saturated rings. The fourth-order valence-electron chi connectivity index (χ4n) is 2.12. The van der Waals surface area contributed by atoms with Crippen LogP contribution < -0.4 is 10.1 Å². The van der Waals surface area contributed by atoms with Crippen molar-refractivity contribution in [3.63, 3.8) is 0 Å². The third-order valence-corrected chi connectivity index (χ3v) is 2.86. The maximum atomic E-state index is 12.1. The third-order valence-electron chi connectivity index (χ3n) is 2.86. The van der Waals surface area contributed by atoms with Gasteiger partial charge in [0.15, 0.2) is 0 Å². The lowest BCUT2D eigenvalue weighted by atomic mass is 9.99. The number of rotatable bonds is 5. The number of ether oxygens (including phenoxy) is 1. The maximum absolute atomic E-state index is 12.1. The first kappa shape index (κ1) is 15.5. The maximum Gasteiger partial charge on any atom is 0.251 e. The van der Waals surface area contributed by atoms with Crippen LogP contribution in [0, 0.1) is 6.92 Å². The zero-order chi connectivity index (χ0) is 14.6. The molecule has 1 rings (SSSR count). The van der Waals surface area contributed by atoms with Crippen molar-refractivity contribution < 1.29 is 14.6 Å². The molecule has 19 heavy (non-hydrogen) atoms. The molecule has 0 spiro atoms. The molecular weight excluding hydrogens is 242 g/mol. The van der Waals surface area contributed by atoms with Gasteiger partial charge in [0.25, 0.3) is 5.91 Å². The zero-order valence-corrected chi connectivity index (χ0v) is 12.3. The highest BCUT2D eigenvalue weighted by atomic mass is 16.5. The predicted octanol–water partition coefficient (Wildman–Crippen LogP) is 2.28. The molecule has 1 amide bonds. The standard InChI is InChI=1S/C15H23NO3/c1-10-8-12(19-5)6-7-13(10)14(17)16-11(2)9-15(3,4)18/h6-8,11,18H,9H2,1-5H3,(H,16,17)/t11-/m0/s1. The first-order valence-electron chi connectivity index (χ1n) is 6.41. The summed E-state index contributed by atoms with van der Waals surface area (Å²) in [5.74, 6) is 0.607. The second-order valence-corrected chi connectivity index (χ2v) is 5.57. The Kier molecular flexibility index (Phi) is 4.95. The zero-order valence-electron chi connectivity index (χ0n) is 12.3. The average Bonchev–Trinajstić information content (AvgIpc) is 2.25. The SMILES string of the molecule is COc1ccc(C(=O)N[C@@H](C)CC(C)(C)O)c(C)c1. The van der Waals surface area contributed by atoms with E-state index in [1.54, 1.807) is 33.1 Å². The number of amides is 1. The van der Waals surface area contributed by atoms with E-state index < -0.39 is 5.60 Å². The van der Waals surface area contributed by atoms with E-state index in [1.165, 1.54) is 0 Å².